The summed E-state index contributed by atoms with van der Waals surface area (Å²) in [6.45, 7) is 1.49. The highest BCUT2D eigenvalue weighted by Gasteiger charge is 2.24. The van der Waals surface area contributed by atoms with Gasteiger partial charge in [0.15, 0.2) is 11.6 Å². The predicted octanol–water partition coefficient (Wildman–Crippen LogP) is 3.63. The Morgan fingerprint density at radius 3 is 2.85 bits per heavy atom. The maximum Gasteiger partial charge on any atom is 0.255 e. The van der Waals surface area contributed by atoms with Crippen LogP contribution in [0.25, 0.3) is 10.8 Å². The molecule has 2 N–H and O–H groups in total. The van der Waals surface area contributed by atoms with Gasteiger partial charge in [-0.05, 0) is 42.1 Å². The molecular formula is C20H18F3N3O. The van der Waals surface area contributed by atoms with Gasteiger partial charge in [-0.15, -0.1) is 0 Å². The standard InChI is InChI=1S/C20H18F3N3O/c21-14-7-13(19(23)18(22)9-14)10-26-6-4-16(11-26)25-15-1-2-17-12(8-15)3-5-24-20(17)27/h1-3,5,7-9,16,25H,4,6,10-11H2,(H,24,27)/t16-/m0/s1. The number of nitrogens with zero attached hydrogens (tertiary/aromatic N) is 1. The molecular weight excluding hydrogens is 355 g/mol. The lowest BCUT2D eigenvalue weighted by Gasteiger charge is -2.18. The minimum atomic E-state index is -1.16. The lowest BCUT2D eigenvalue weighted by Crippen LogP contribution is -2.26. The van der Waals surface area contributed by atoms with Crippen LogP contribution in [0.3, 0.4) is 0 Å². The molecule has 1 saturated heterocycles. The van der Waals surface area contributed by atoms with Crippen LogP contribution in [-0.4, -0.2) is 29.0 Å². The molecule has 2 heterocycles. The third-order valence-corrected chi connectivity index (χ3v) is 4.88. The zero-order chi connectivity index (χ0) is 19.0. The van der Waals surface area contributed by atoms with E-state index in [1.54, 1.807) is 12.3 Å². The minimum Gasteiger partial charge on any atom is -0.381 e. The van der Waals surface area contributed by atoms with Crippen molar-refractivity contribution < 1.29 is 13.2 Å². The maximum absolute atomic E-state index is 13.8. The first-order chi connectivity index (χ1) is 13.0. The molecule has 4 nitrogen and oxygen atoms in total. The first kappa shape index (κ1) is 17.6. The average molecular weight is 373 g/mol. The van der Waals surface area contributed by atoms with E-state index < -0.39 is 17.5 Å². The number of aromatic amines is 1. The smallest absolute Gasteiger partial charge is 0.255 e. The second-order valence-electron chi connectivity index (χ2n) is 6.83. The van der Waals surface area contributed by atoms with Gasteiger partial charge in [0.2, 0.25) is 0 Å². The van der Waals surface area contributed by atoms with Crippen LogP contribution in [0.2, 0.25) is 0 Å². The minimum absolute atomic E-state index is 0.0260. The molecule has 1 aliphatic rings. The molecule has 0 saturated carbocycles. The van der Waals surface area contributed by atoms with Gasteiger partial charge in [0.05, 0.1) is 0 Å². The number of fused-ring (bicyclic) bond motifs is 1. The summed E-state index contributed by atoms with van der Waals surface area (Å²) in [5.74, 6) is -2.93. The Bertz CT molecular complexity index is 1050. The molecule has 1 aromatic heterocycles. The van der Waals surface area contributed by atoms with Gasteiger partial charge >= 0.3 is 0 Å². The quantitative estimate of drug-likeness (QED) is 0.687. The highest BCUT2D eigenvalue weighted by atomic mass is 19.2. The first-order valence-electron chi connectivity index (χ1n) is 8.73. The molecule has 1 fully saturated rings. The number of nitrogens with one attached hydrogen (secondary N) is 2. The van der Waals surface area contributed by atoms with Gasteiger partial charge in [-0.3, -0.25) is 9.69 Å². The van der Waals surface area contributed by atoms with E-state index in [1.807, 2.05) is 23.1 Å². The topological polar surface area (TPSA) is 48.1 Å². The van der Waals surface area contributed by atoms with Crippen molar-refractivity contribution in [2.45, 2.75) is 19.0 Å². The molecule has 0 unspecified atom stereocenters. The number of likely N-dealkylation sites (tertiary alicyclic amines) is 1. The summed E-state index contributed by atoms with van der Waals surface area (Å²) in [5, 5.41) is 4.88. The van der Waals surface area contributed by atoms with E-state index in [9.17, 15) is 18.0 Å². The molecule has 7 heteroatoms. The zero-order valence-electron chi connectivity index (χ0n) is 14.4. The molecule has 3 aromatic rings. The summed E-state index contributed by atoms with van der Waals surface area (Å²) in [5.41, 5.74) is 0.788. The van der Waals surface area contributed by atoms with E-state index in [-0.39, 0.29) is 23.7 Å². The van der Waals surface area contributed by atoms with Gasteiger partial charge in [0.25, 0.3) is 5.56 Å². The van der Waals surface area contributed by atoms with Gasteiger partial charge in [-0.25, -0.2) is 13.2 Å². The number of hydrogen-bond acceptors (Lipinski definition) is 3. The normalized spacial score (nSPS) is 17.5. The number of aromatic nitrogens is 1. The summed E-state index contributed by atoms with van der Waals surface area (Å²) in [6, 6.07) is 9.10. The molecule has 140 valence electrons. The van der Waals surface area contributed by atoms with Gasteiger partial charge in [-0.2, -0.15) is 0 Å². The van der Waals surface area contributed by atoms with Crippen molar-refractivity contribution in [1.82, 2.24) is 9.88 Å². The van der Waals surface area contributed by atoms with Crippen molar-refractivity contribution in [1.29, 1.82) is 0 Å². The summed E-state index contributed by atoms with van der Waals surface area (Å²) < 4.78 is 40.6. The van der Waals surface area contributed by atoms with Crippen LogP contribution in [-0.2, 0) is 6.54 Å². The van der Waals surface area contributed by atoms with Crippen LogP contribution in [0.15, 0.2) is 47.4 Å². The third-order valence-electron chi connectivity index (χ3n) is 4.88. The Labute approximate surface area is 153 Å². The number of benzene rings is 2. The van der Waals surface area contributed by atoms with Crippen molar-refractivity contribution >= 4 is 16.5 Å². The summed E-state index contributed by atoms with van der Waals surface area (Å²) in [6.07, 6.45) is 2.44. The van der Waals surface area contributed by atoms with Crippen LogP contribution < -0.4 is 10.9 Å². The van der Waals surface area contributed by atoms with Crippen LogP contribution in [0.5, 0.6) is 0 Å². The van der Waals surface area contributed by atoms with Crippen LogP contribution in [0, 0.1) is 17.5 Å². The van der Waals surface area contributed by atoms with Crippen molar-refractivity contribution in [2.24, 2.45) is 0 Å². The van der Waals surface area contributed by atoms with E-state index in [1.165, 1.54) is 0 Å². The van der Waals surface area contributed by atoms with Crippen molar-refractivity contribution in [3.63, 3.8) is 0 Å². The summed E-state index contributed by atoms with van der Waals surface area (Å²) in [7, 11) is 0. The van der Waals surface area contributed by atoms with Crippen LogP contribution in [0.4, 0.5) is 18.9 Å². The molecule has 2 aromatic carbocycles. The molecule has 0 amide bonds. The van der Waals surface area contributed by atoms with E-state index in [2.05, 4.69) is 10.3 Å². The number of hydrogen-bond donors (Lipinski definition) is 2. The van der Waals surface area contributed by atoms with Crippen molar-refractivity contribution in [3.8, 4) is 0 Å². The zero-order valence-corrected chi connectivity index (χ0v) is 14.4. The van der Waals surface area contributed by atoms with E-state index in [4.69, 9.17) is 0 Å². The van der Waals surface area contributed by atoms with Gasteiger partial charge in [-0.1, -0.05) is 0 Å². The molecule has 1 aliphatic heterocycles. The van der Waals surface area contributed by atoms with E-state index in [0.29, 0.717) is 24.5 Å². The van der Waals surface area contributed by atoms with Crippen LogP contribution >= 0.6 is 0 Å². The Kier molecular flexibility index (Phi) is 4.61. The monoisotopic (exact) mass is 373 g/mol. The molecule has 1 atom stereocenters. The molecule has 0 aliphatic carbocycles. The highest BCUT2D eigenvalue weighted by molar-refractivity contribution is 5.84. The molecule has 0 radical (unpaired) electrons. The molecule has 0 bridgehead atoms. The predicted molar refractivity (Wildman–Crippen MR) is 98.2 cm³/mol. The molecule has 27 heavy (non-hydrogen) atoms. The Morgan fingerprint density at radius 1 is 1.15 bits per heavy atom. The number of anilines is 1. The average Bonchev–Trinajstić information content (AvgIpc) is 3.06. The fourth-order valence-electron chi connectivity index (χ4n) is 3.58. The number of halogens is 3. The number of rotatable bonds is 4. The maximum atomic E-state index is 13.8. The lowest BCUT2D eigenvalue weighted by atomic mass is 10.1. The van der Waals surface area contributed by atoms with E-state index in [0.717, 1.165) is 23.6 Å². The third kappa shape index (κ3) is 3.68. The van der Waals surface area contributed by atoms with Crippen LogP contribution in [0.1, 0.15) is 12.0 Å². The fourth-order valence-corrected chi connectivity index (χ4v) is 3.58. The highest BCUT2D eigenvalue weighted by Crippen LogP contribution is 2.22. The molecule has 4 rings (SSSR count). The second kappa shape index (κ2) is 7.08. The number of pyridine rings is 1. The van der Waals surface area contributed by atoms with E-state index >= 15 is 0 Å². The van der Waals surface area contributed by atoms with Gasteiger partial charge in [0, 0.05) is 54.6 Å². The van der Waals surface area contributed by atoms with Gasteiger partial charge < -0.3 is 10.3 Å². The lowest BCUT2D eigenvalue weighted by molar-refractivity contribution is 0.319. The Hall–Kier alpha value is -2.80. The Balaban J connectivity index is 1.44. The fraction of sp³-hybridized carbons (Fsp3) is 0.250. The van der Waals surface area contributed by atoms with Crippen molar-refractivity contribution in [3.05, 3.63) is 76.0 Å². The second-order valence-corrected chi connectivity index (χ2v) is 6.83. The summed E-state index contributed by atoms with van der Waals surface area (Å²) >= 11 is 0. The Morgan fingerprint density at radius 2 is 2.00 bits per heavy atom. The van der Waals surface area contributed by atoms with Gasteiger partial charge in [0.1, 0.15) is 5.82 Å². The SMILES string of the molecule is O=c1[nH]ccc2cc(N[C@H]3CCN(Cc4cc(F)cc(F)c4F)C3)ccc12. The van der Waals surface area contributed by atoms with Crippen molar-refractivity contribution in [2.75, 3.05) is 18.4 Å². The largest absolute Gasteiger partial charge is 0.381 e. The molecule has 0 spiro atoms. The first-order valence-corrected chi connectivity index (χ1v) is 8.73. The number of H-pyrrole nitrogens is 1. The summed E-state index contributed by atoms with van der Waals surface area (Å²) in [4.78, 5) is 16.4.